The number of halogens is 2. The summed E-state index contributed by atoms with van der Waals surface area (Å²) in [5.74, 6) is -0.295. The van der Waals surface area contributed by atoms with E-state index in [1.807, 2.05) is 19.9 Å². The molecular formula is C14H17ClFNO. The van der Waals surface area contributed by atoms with Crippen LogP contribution in [0.5, 0.6) is 0 Å². The van der Waals surface area contributed by atoms with E-state index < -0.39 is 0 Å². The lowest BCUT2D eigenvalue weighted by molar-refractivity contribution is 0.560. The maximum Gasteiger partial charge on any atom is 0.292 e. The van der Waals surface area contributed by atoms with Crippen molar-refractivity contribution in [3.05, 3.63) is 41.2 Å². The van der Waals surface area contributed by atoms with E-state index in [4.69, 9.17) is 16.0 Å². The molecule has 0 bridgehead atoms. The Morgan fingerprint density at radius 2 is 2.06 bits per heavy atom. The Kier molecular flexibility index (Phi) is 5.86. The van der Waals surface area contributed by atoms with Gasteiger partial charge in [0.2, 0.25) is 0 Å². The summed E-state index contributed by atoms with van der Waals surface area (Å²) in [7, 11) is 0. The molecule has 0 spiro atoms. The van der Waals surface area contributed by atoms with Crippen molar-refractivity contribution < 1.29 is 8.81 Å². The van der Waals surface area contributed by atoms with Gasteiger partial charge in [-0.2, -0.15) is 4.98 Å². The highest BCUT2D eigenvalue weighted by atomic mass is 35.5. The van der Waals surface area contributed by atoms with E-state index in [0.717, 1.165) is 18.4 Å². The van der Waals surface area contributed by atoms with Crippen LogP contribution in [0.4, 0.5) is 4.39 Å². The number of hydrogen-bond donors (Lipinski definition) is 0. The monoisotopic (exact) mass is 269 g/mol. The van der Waals surface area contributed by atoms with Crippen molar-refractivity contribution in [1.82, 2.24) is 4.98 Å². The molecule has 0 aliphatic carbocycles. The zero-order valence-corrected chi connectivity index (χ0v) is 11.6. The molecule has 2 rings (SSSR count). The Bertz CT molecular complexity index is 496. The first-order valence-electron chi connectivity index (χ1n) is 6.10. The maximum absolute atomic E-state index is 13.7. The first-order valence-corrected chi connectivity index (χ1v) is 6.48. The van der Waals surface area contributed by atoms with E-state index in [-0.39, 0.29) is 11.2 Å². The van der Waals surface area contributed by atoms with Crippen LogP contribution in [0.25, 0.3) is 11.3 Å². The molecule has 98 valence electrons. The highest BCUT2D eigenvalue weighted by Crippen LogP contribution is 2.24. The van der Waals surface area contributed by atoms with Crippen molar-refractivity contribution in [2.24, 2.45) is 0 Å². The zero-order chi connectivity index (χ0) is 13.5. The molecule has 0 amide bonds. The minimum Gasteiger partial charge on any atom is -0.436 e. The van der Waals surface area contributed by atoms with Gasteiger partial charge in [-0.05, 0) is 35.7 Å². The normalized spacial score (nSPS) is 9.83. The first-order chi connectivity index (χ1) is 8.70. The van der Waals surface area contributed by atoms with Gasteiger partial charge in [0.25, 0.3) is 5.35 Å². The van der Waals surface area contributed by atoms with Crippen LogP contribution in [0.15, 0.2) is 28.9 Å². The fourth-order valence-corrected chi connectivity index (χ4v) is 1.72. The fraction of sp³-hybridized carbons (Fsp3) is 0.357. The van der Waals surface area contributed by atoms with Gasteiger partial charge in [-0.3, -0.25) is 0 Å². The summed E-state index contributed by atoms with van der Waals surface area (Å²) >= 11 is 5.54. The van der Waals surface area contributed by atoms with Crippen LogP contribution in [0.3, 0.4) is 0 Å². The number of benzene rings is 1. The number of oxazole rings is 1. The van der Waals surface area contributed by atoms with Gasteiger partial charge < -0.3 is 4.42 Å². The van der Waals surface area contributed by atoms with Crippen LogP contribution in [0, 0.1) is 5.82 Å². The van der Waals surface area contributed by atoms with Crippen molar-refractivity contribution in [3.8, 4) is 11.3 Å². The van der Waals surface area contributed by atoms with Crippen molar-refractivity contribution in [2.75, 3.05) is 0 Å². The SMILES string of the molecule is CC.CCCc1ccc(-c2coc(Cl)n2)c(F)c1. The predicted octanol–water partition coefficient (Wildman–Crippen LogP) is 5.11. The van der Waals surface area contributed by atoms with Crippen LogP contribution in [0.1, 0.15) is 32.8 Å². The Labute approximate surface area is 112 Å². The molecule has 0 saturated heterocycles. The largest absolute Gasteiger partial charge is 0.436 e. The summed E-state index contributed by atoms with van der Waals surface area (Å²) in [5, 5.41) is 0.0204. The third-order valence-electron chi connectivity index (χ3n) is 2.32. The molecule has 2 aromatic rings. The van der Waals surface area contributed by atoms with Gasteiger partial charge in [-0.25, -0.2) is 4.39 Å². The summed E-state index contributed by atoms with van der Waals surface area (Å²) in [6.07, 6.45) is 3.21. The average molecular weight is 270 g/mol. The maximum atomic E-state index is 13.7. The summed E-state index contributed by atoms with van der Waals surface area (Å²) in [6, 6.07) is 5.13. The second-order valence-corrected chi connectivity index (χ2v) is 3.87. The van der Waals surface area contributed by atoms with Gasteiger partial charge in [0, 0.05) is 5.56 Å². The zero-order valence-electron chi connectivity index (χ0n) is 10.8. The number of rotatable bonds is 3. The third-order valence-corrected chi connectivity index (χ3v) is 2.50. The van der Waals surface area contributed by atoms with Gasteiger partial charge in [-0.1, -0.05) is 33.3 Å². The molecule has 0 aliphatic rings. The van der Waals surface area contributed by atoms with E-state index in [2.05, 4.69) is 11.9 Å². The van der Waals surface area contributed by atoms with Crippen molar-refractivity contribution in [3.63, 3.8) is 0 Å². The van der Waals surface area contributed by atoms with Gasteiger partial charge in [0.15, 0.2) is 0 Å². The van der Waals surface area contributed by atoms with Crippen LogP contribution in [-0.4, -0.2) is 4.98 Å². The van der Waals surface area contributed by atoms with Gasteiger partial charge >= 0.3 is 0 Å². The summed E-state index contributed by atoms with van der Waals surface area (Å²) < 4.78 is 18.6. The van der Waals surface area contributed by atoms with Crippen LogP contribution >= 0.6 is 11.6 Å². The smallest absolute Gasteiger partial charge is 0.292 e. The summed E-state index contributed by atoms with van der Waals surface area (Å²) in [6.45, 7) is 6.06. The second-order valence-electron chi connectivity index (χ2n) is 3.55. The minimum absolute atomic E-state index is 0.0204. The molecule has 0 atom stereocenters. The predicted molar refractivity (Wildman–Crippen MR) is 72.3 cm³/mol. The minimum atomic E-state index is -0.295. The molecule has 1 heterocycles. The molecule has 2 nitrogen and oxygen atoms in total. The van der Waals surface area contributed by atoms with Crippen molar-refractivity contribution >= 4 is 11.6 Å². The molecule has 0 aliphatic heterocycles. The Morgan fingerprint density at radius 1 is 1.33 bits per heavy atom. The topological polar surface area (TPSA) is 26.0 Å². The van der Waals surface area contributed by atoms with Crippen molar-refractivity contribution in [1.29, 1.82) is 0 Å². The summed E-state index contributed by atoms with van der Waals surface area (Å²) in [4.78, 5) is 3.88. The number of aromatic nitrogens is 1. The van der Waals surface area contributed by atoms with Gasteiger partial charge in [0.05, 0.1) is 0 Å². The van der Waals surface area contributed by atoms with E-state index in [1.54, 1.807) is 6.07 Å². The molecule has 0 fully saturated rings. The highest BCUT2D eigenvalue weighted by molar-refractivity contribution is 6.27. The Balaban J connectivity index is 0.000000771. The van der Waals surface area contributed by atoms with E-state index in [1.165, 1.54) is 12.3 Å². The Hall–Kier alpha value is -1.35. The number of nitrogens with zero attached hydrogens (tertiary/aromatic N) is 1. The molecule has 4 heteroatoms. The molecule has 1 aromatic carbocycles. The second kappa shape index (κ2) is 7.17. The van der Waals surface area contributed by atoms with Gasteiger partial charge in [0.1, 0.15) is 17.8 Å². The molecule has 0 N–H and O–H groups in total. The quantitative estimate of drug-likeness (QED) is 0.773. The number of hydrogen-bond acceptors (Lipinski definition) is 2. The van der Waals surface area contributed by atoms with E-state index in [9.17, 15) is 4.39 Å². The highest BCUT2D eigenvalue weighted by Gasteiger charge is 2.10. The van der Waals surface area contributed by atoms with Crippen LogP contribution < -0.4 is 0 Å². The number of aryl methyl sites for hydroxylation is 1. The fourth-order valence-electron chi connectivity index (χ4n) is 1.59. The molecule has 0 saturated carbocycles. The van der Waals surface area contributed by atoms with Gasteiger partial charge in [-0.15, -0.1) is 0 Å². The molecule has 1 aromatic heterocycles. The molecule has 0 unspecified atom stereocenters. The van der Waals surface area contributed by atoms with Crippen LogP contribution in [0.2, 0.25) is 5.35 Å². The standard InChI is InChI=1S/C12H11ClFNO.C2H6/c1-2-3-8-4-5-9(10(14)6-8)11-7-16-12(13)15-11;1-2/h4-7H,2-3H2,1H3;1-2H3. The van der Waals surface area contributed by atoms with Crippen molar-refractivity contribution in [2.45, 2.75) is 33.6 Å². The third kappa shape index (κ3) is 3.57. The van der Waals surface area contributed by atoms with Crippen LogP contribution in [-0.2, 0) is 6.42 Å². The molecule has 18 heavy (non-hydrogen) atoms. The Morgan fingerprint density at radius 3 is 2.56 bits per heavy atom. The molecule has 0 radical (unpaired) electrons. The average Bonchev–Trinajstić information content (AvgIpc) is 2.79. The van der Waals surface area contributed by atoms with E-state index in [0.29, 0.717) is 11.3 Å². The first kappa shape index (κ1) is 14.7. The molecular weight excluding hydrogens is 253 g/mol. The lowest BCUT2D eigenvalue weighted by Crippen LogP contribution is -1.89. The van der Waals surface area contributed by atoms with E-state index >= 15 is 0 Å². The lowest BCUT2D eigenvalue weighted by Gasteiger charge is -2.02. The summed E-state index contributed by atoms with van der Waals surface area (Å²) in [5.41, 5.74) is 1.82. The lowest BCUT2D eigenvalue weighted by atomic mass is 10.1.